The summed E-state index contributed by atoms with van der Waals surface area (Å²) >= 11 is 7.04. The second kappa shape index (κ2) is 10.8. The highest BCUT2D eigenvalue weighted by Gasteiger charge is 2.25. The Morgan fingerprint density at radius 2 is 2.06 bits per heavy atom. The van der Waals surface area contributed by atoms with Crippen molar-refractivity contribution in [3.8, 4) is 0 Å². The van der Waals surface area contributed by atoms with Crippen molar-refractivity contribution in [2.24, 2.45) is 0 Å². The number of esters is 1. The van der Waals surface area contributed by atoms with Crippen molar-refractivity contribution in [3.63, 3.8) is 0 Å². The maximum Gasteiger partial charge on any atom is 0.341 e. The van der Waals surface area contributed by atoms with Crippen molar-refractivity contribution in [2.45, 2.75) is 52.0 Å². The first kappa shape index (κ1) is 23.3. The van der Waals surface area contributed by atoms with Crippen LogP contribution in [0.15, 0.2) is 30.6 Å². The summed E-state index contributed by atoms with van der Waals surface area (Å²) in [5.74, 6) is -0.298. The third kappa shape index (κ3) is 5.94. The molecule has 0 bridgehead atoms. The van der Waals surface area contributed by atoms with Gasteiger partial charge in [0.15, 0.2) is 5.11 Å². The standard InChI is InChI=1S/C23H26FN5O2S2/c1-2-31-21(30)19-17-10-5-3-4-6-11-18(17)33-20(19)26-23(32)27-22-25-14-29(28-22)13-15-8-7-9-16(24)12-15/h7-9,12,14H,2-6,10-11,13H2,1H3,(H2,26,27,28,32). The molecule has 10 heteroatoms. The summed E-state index contributed by atoms with van der Waals surface area (Å²) in [7, 11) is 0. The lowest BCUT2D eigenvalue weighted by Crippen LogP contribution is -2.21. The first-order chi connectivity index (χ1) is 16.0. The first-order valence-corrected chi connectivity index (χ1v) is 12.3. The minimum Gasteiger partial charge on any atom is -0.462 e. The fourth-order valence-corrected chi connectivity index (χ4v) is 5.45. The Morgan fingerprint density at radius 1 is 1.24 bits per heavy atom. The third-order valence-electron chi connectivity index (χ3n) is 5.37. The van der Waals surface area contributed by atoms with E-state index in [0.29, 0.717) is 34.8 Å². The van der Waals surface area contributed by atoms with E-state index in [0.717, 1.165) is 36.8 Å². The van der Waals surface area contributed by atoms with Gasteiger partial charge in [0.1, 0.15) is 17.1 Å². The number of hydrogen-bond acceptors (Lipinski definition) is 6. The molecule has 0 fully saturated rings. The van der Waals surface area contributed by atoms with Crippen LogP contribution in [-0.4, -0.2) is 32.5 Å². The van der Waals surface area contributed by atoms with Crippen LogP contribution in [0.5, 0.6) is 0 Å². The molecular weight excluding hydrogens is 461 g/mol. The number of carbonyl (C=O) groups excluding carboxylic acids is 1. The molecule has 0 aliphatic heterocycles. The molecule has 0 saturated heterocycles. The maximum atomic E-state index is 13.4. The van der Waals surface area contributed by atoms with Crippen LogP contribution in [0, 0.1) is 5.82 Å². The van der Waals surface area contributed by atoms with Gasteiger partial charge in [0, 0.05) is 4.88 Å². The largest absolute Gasteiger partial charge is 0.462 e. The zero-order valence-corrected chi connectivity index (χ0v) is 20.0. The number of carbonyl (C=O) groups is 1. The van der Waals surface area contributed by atoms with Crippen molar-refractivity contribution in [3.05, 3.63) is 58.0 Å². The summed E-state index contributed by atoms with van der Waals surface area (Å²) in [6.45, 7) is 2.51. The van der Waals surface area contributed by atoms with Crippen LogP contribution >= 0.6 is 23.6 Å². The van der Waals surface area contributed by atoms with Gasteiger partial charge < -0.3 is 10.1 Å². The van der Waals surface area contributed by atoms with E-state index in [4.69, 9.17) is 17.0 Å². The molecule has 0 atom stereocenters. The van der Waals surface area contributed by atoms with Crippen LogP contribution in [0.2, 0.25) is 0 Å². The third-order valence-corrected chi connectivity index (χ3v) is 6.78. The molecule has 0 radical (unpaired) electrons. The molecule has 1 aromatic carbocycles. The fraction of sp³-hybridized carbons (Fsp3) is 0.391. The second-order valence-corrected chi connectivity index (χ2v) is 9.33. The molecular formula is C23H26FN5O2S2. The predicted octanol–water partition coefficient (Wildman–Crippen LogP) is 5.17. The zero-order valence-electron chi connectivity index (χ0n) is 18.4. The van der Waals surface area contributed by atoms with Crippen molar-refractivity contribution >= 4 is 45.6 Å². The van der Waals surface area contributed by atoms with Crippen LogP contribution in [-0.2, 0) is 24.1 Å². The highest BCUT2D eigenvalue weighted by molar-refractivity contribution is 7.80. The number of benzene rings is 1. The monoisotopic (exact) mass is 487 g/mol. The lowest BCUT2D eigenvalue weighted by atomic mass is 9.96. The first-order valence-electron chi connectivity index (χ1n) is 11.1. The van der Waals surface area contributed by atoms with E-state index < -0.39 is 0 Å². The number of ether oxygens (including phenoxy) is 1. The van der Waals surface area contributed by atoms with Gasteiger partial charge in [0.25, 0.3) is 0 Å². The number of thiocarbonyl (C=S) groups is 1. The summed E-state index contributed by atoms with van der Waals surface area (Å²) in [5, 5.41) is 11.5. The van der Waals surface area contributed by atoms with Crippen molar-refractivity contribution in [1.29, 1.82) is 0 Å². The molecule has 3 aromatic rings. The van der Waals surface area contributed by atoms with Gasteiger partial charge in [0.2, 0.25) is 5.95 Å². The number of aryl methyl sites for hydroxylation is 1. The molecule has 0 spiro atoms. The highest BCUT2D eigenvalue weighted by Crippen LogP contribution is 2.37. The van der Waals surface area contributed by atoms with E-state index in [2.05, 4.69) is 20.7 Å². The number of hydrogen-bond donors (Lipinski definition) is 2. The van der Waals surface area contributed by atoms with Crippen LogP contribution in [0.25, 0.3) is 0 Å². The fourth-order valence-electron chi connectivity index (χ4n) is 3.91. The van der Waals surface area contributed by atoms with Crippen LogP contribution in [0.3, 0.4) is 0 Å². The Hall–Kier alpha value is -2.85. The normalized spacial score (nSPS) is 13.5. The van der Waals surface area contributed by atoms with Gasteiger partial charge in [-0.05, 0) is 68.1 Å². The summed E-state index contributed by atoms with van der Waals surface area (Å²) < 4.78 is 20.3. The number of halogens is 1. The molecule has 2 aromatic heterocycles. The predicted molar refractivity (Wildman–Crippen MR) is 132 cm³/mol. The molecule has 2 heterocycles. The summed E-state index contributed by atoms with van der Waals surface area (Å²) in [5.41, 5.74) is 2.45. The SMILES string of the molecule is CCOC(=O)c1c(NC(=S)Nc2ncn(Cc3cccc(F)c3)n2)sc2c1CCCCCC2. The summed E-state index contributed by atoms with van der Waals surface area (Å²) in [6, 6.07) is 6.34. The molecule has 7 nitrogen and oxygen atoms in total. The van der Waals surface area contributed by atoms with Gasteiger partial charge >= 0.3 is 5.97 Å². The Kier molecular flexibility index (Phi) is 7.66. The number of nitrogens with one attached hydrogen (secondary N) is 2. The molecule has 1 aliphatic carbocycles. The Morgan fingerprint density at radius 3 is 2.85 bits per heavy atom. The molecule has 33 heavy (non-hydrogen) atoms. The van der Waals surface area contributed by atoms with E-state index in [9.17, 15) is 9.18 Å². The summed E-state index contributed by atoms with van der Waals surface area (Å²) in [4.78, 5) is 18.2. The van der Waals surface area contributed by atoms with Gasteiger partial charge in [-0.1, -0.05) is 25.0 Å². The van der Waals surface area contributed by atoms with Gasteiger partial charge in [-0.2, -0.15) is 0 Å². The lowest BCUT2D eigenvalue weighted by molar-refractivity contribution is 0.0526. The maximum absolute atomic E-state index is 13.4. The smallest absolute Gasteiger partial charge is 0.341 e. The minimum absolute atomic E-state index is 0.290. The molecule has 0 amide bonds. The second-order valence-electron chi connectivity index (χ2n) is 7.82. The molecule has 0 unspecified atom stereocenters. The average Bonchev–Trinajstić information content (AvgIpc) is 3.32. The molecule has 0 saturated carbocycles. The minimum atomic E-state index is -0.321. The number of fused-ring (bicyclic) bond motifs is 1. The molecule has 4 rings (SSSR count). The molecule has 1 aliphatic rings. The number of nitrogens with zero attached hydrogens (tertiary/aromatic N) is 3. The van der Waals surface area contributed by atoms with Gasteiger partial charge in [0.05, 0.1) is 18.7 Å². The topological polar surface area (TPSA) is 81.1 Å². The average molecular weight is 488 g/mol. The quantitative estimate of drug-likeness (QED) is 0.367. The van der Waals surface area contributed by atoms with Gasteiger partial charge in [-0.15, -0.1) is 16.4 Å². The summed E-state index contributed by atoms with van der Waals surface area (Å²) in [6.07, 6.45) is 7.93. The number of aromatic nitrogens is 3. The highest BCUT2D eigenvalue weighted by atomic mass is 32.1. The van der Waals surface area contributed by atoms with E-state index in [-0.39, 0.29) is 11.8 Å². The van der Waals surface area contributed by atoms with Crippen LogP contribution < -0.4 is 10.6 Å². The number of thiophene rings is 1. The van der Waals surface area contributed by atoms with E-state index in [1.54, 1.807) is 35.3 Å². The zero-order chi connectivity index (χ0) is 23.2. The van der Waals surface area contributed by atoms with Crippen molar-refractivity contribution in [2.75, 3.05) is 17.2 Å². The Labute approximate surface area is 201 Å². The number of rotatable bonds is 6. The molecule has 174 valence electrons. The van der Waals surface area contributed by atoms with Gasteiger partial charge in [-0.25, -0.2) is 18.9 Å². The van der Waals surface area contributed by atoms with Crippen LogP contribution in [0.1, 0.15) is 59.0 Å². The van der Waals surface area contributed by atoms with E-state index in [1.807, 2.05) is 6.07 Å². The Bertz CT molecular complexity index is 1140. The van der Waals surface area contributed by atoms with Crippen molar-refractivity contribution < 1.29 is 13.9 Å². The van der Waals surface area contributed by atoms with E-state index in [1.165, 1.54) is 29.9 Å². The van der Waals surface area contributed by atoms with Gasteiger partial charge in [-0.3, -0.25) is 5.32 Å². The Balaban J connectivity index is 1.47. The lowest BCUT2D eigenvalue weighted by Gasteiger charge is -2.12. The van der Waals surface area contributed by atoms with Crippen molar-refractivity contribution in [1.82, 2.24) is 14.8 Å². The number of anilines is 2. The van der Waals surface area contributed by atoms with Crippen LogP contribution in [0.4, 0.5) is 15.3 Å². The molecule has 2 N–H and O–H groups in total. The van der Waals surface area contributed by atoms with E-state index >= 15 is 0 Å².